The number of benzene rings is 3. The number of rotatable bonds is 5. The molecule has 0 aliphatic rings. The van der Waals surface area contributed by atoms with Gasteiger partial charge >= 0.3 is 5.97 Å². The van der Waals surface area contributed by atoms with Crippen LogP contribution in [0.4, 0.5) is 5.69 Å². The molecule has 0 aliphatic heterocycles. The number of aryl methyl sites for hydroxylation is 2. The van der Waals surface area contributed by atoms with Gasteiger partial charge in [-0.1, -0.05) is 35.9 Å². The SMILES string of the molecule is Cc1cc(C(=O)O)cc(C)c1NC(=O)c1cc(-c2cccc(CO)c2)ccc1Cl. The average molecular weight is 410 g/mol. The lowest BCUT2D eigenvalue weighted by atomic mass is 10.0. The number of hydrogen-bond donors (Lipinski definition) is 3. The zero-order valence-electron chi connectivity index (χ0n) is 16.0. The van der Waals surface area contributed by atoms with Gasteiger partial charge in [-0.15, -0.1) is 0 Å². The molecule has 3 aromatic carbocycles. The Morgan fingerprint density at radius 3 is 2.24 bits per heavy atom. The number of aliphatic hydroxyl groups is 1. The van der Waals surface area contributed by atoms with E-state index in [2.05, 4.69) is 5.32 Å². The summed E-state index contributed by atoms with van der Waals surface area (Å²) in [5.41, 5.74) is 4.76. The minimum Gasteiger partial charge on any atom is -0.478 e. The number of aliphatic hydroxyl groups excluding tert-OH is 1. The predicted octanol–water partition coefficient (Wildman–Crippen LogP) is 5.07. The van der Waals surface area contributed by atoms with Gasteiger partial charge in [-0.25, -0.2) is 4.79 Å². The summed E-state index contributed by atoms with van der Waals surface area (Å²) in [5, 5.41) is 21.7. The van der Waals surface area contributed by atoms with E-state index in [4.69, 9.17) is 11.6 Å². The van der Waals surface area contributed by atoms with Crippen LogP contribution in [0.15, 0.2) is 54.6 Å². The molecular weight excluding hydrogens is 390 g/mol. The number of halogens is 1. The van der Waals surface area contributed by atoms with Gasteiger partial charge < -0.3 is 15.5 Å². The number of carbonyl (C=O) groups excluding carboxylic acids is 1. The van der Waals surface area contributed by atoms with E-state index in [0.29, 0.717) is 27.4 Å². The predicted molar refractivity (Wildman–Crippen MR) is 114 cm³/mol. The Bertz CT molecular complexity index is 1080. The van der Waals surface area contributed by atoms with Crippen molar-refractivity contribution >= 4 is 29.2 Å². The van der Waals surface area contributed by atoms with Gasteiger partial charge in [-0.2, -0.15) is 0 Å². The quantitative estimate of drug-likeness (QED) is 0.549. The lowest BCUT2D eigenvalue weighted by Gasteiger charge is -2.14. The fraction of sp³-hybridized carbons (Fsp3) is 0.130. The Hall–Kier alpha value is -3.15. The van der Waals surface area contributed by atoms with Crippen LogP contribution in [0.3, 0.4) is 0 Å². The van der Waals surface area contributed by atoms with Crippen molar-refractivity contribution in [3.8, 4) is 11.1 Å². The Labute approximate surface area is 173 Å². The second kappa shape index (κ2) is 8.47. The minimum atomic E-state index is -1.02. The monoisotopic (exact) mass is 409 g/mol. The van der Waals surface area contributed by atoms with E-state index in [-0.39, 0.29) is 18.1 Å². The first kappa shape index (κ1) is 20.6. The second-order valence-corrected chi connectivity index (χ2v) is 7.20. The van der Waals surface area contributed by atoms with Crippen LogP contribution in [0, 0.1) is 13.8 Å². The first-order valence-corrected chi connectivity index (χ1v) is 9.33. The lowest BCUT2D eigenvalue weighted by Crippen LogP contribution is -2.15. The molecule has 6 heteroatoms. The number of carboxylic acid groups (broad SMARTS) is 1. The van der Waals surface area contributed by atoms with Crippen LogP contribution in [-0.2, 0) is 6.61 Å². The molecule has 148 valence electrons. The highest BCUT2D eigenvalue weighted by atomic mass is 35.5. The first-order valence-electron chi connectivity index (χ1n) is 8.95. The van der Waals surface area contributed by atoms with E-state index < -0.39 is 5.97 Å². The largest absolute Gasteiger partial charge is 0.478 e. The van der Waals surface area contributed by atoms with Crippen molar-refractivity contribution in [2.75, 3.05) is 5.32 Å². The minimum absolute atomic E-state index is 0.0698. The lowest BCUT2D eigenvalue weighted by molar-refractivity contribution is 0.0696. The third-order valence-electron chi connectivity index (χ3n) is 4.67. The zero-order valence-corrected chi connectivity index (χ0v) is 16.7. The topological polar surface area (TPSA) is 86.6 Å². The Morgan fingerprint density at radius 2 is 1.62 bits per heavy atom. The molecule has 0 spiro atoms. The molecular formula is C23H20ClNO4. The molecule has 0 aromatic heterocycles. The molecule has 0 saturated carbocycles. The summed E-state index contributed by atoms with van der Waals surface area (Å²) in [5.74, 6) is -1.40. The third kappa shape index (κ3) is 4.47. The summed E-state index contributed by atoms with van der Waals surface area (Å²) in [7, 11) is 0. The summed E-state index contributed by atoms with van der Waals surface area (Å²) >= 11 is 6.27. The molecule has 0 aliphatic carbocycles. The van der Waals surface area contributed by atoms with Crippen LogP contribution < -0.4 is 5.32 Å². The average Bonchev–Trinajstić information content (AvgIpc) is 2.70. The molecule has 0 heterocycles. The molecule has 0 fully saturated rings. The van der Waals surface area contributed by atoms with Crippen LogP contribution in [0.5, 0.6) is 0 Å². The maximum absolute atomic E-state index is 12.9. The number of amides is 1. The van der Waals surface area contributed by atoms with Crippen molar-refractivity contribution in [2.24, 2.45) is 0 Å². The molecule has 0 bridgehead atoms. The van der Waals surface area contributed by atoms with Crippen molar-refractivity contribution < 1.29 is 19.8 Å². The molecule has 3 rings (SSSR count). The van der Waals surface area contributed by atoms with E-state index in [0.717, 1.165) is 16.7 Å². The van der Waals surface area contributed by atoms with Gasteiger partial charge in [0.15, 0.2) is 0 Å². The molecule has 29 heavy (non-hydrogen) atoms. The number of aromatic carboxylic acids is 1. The van der Waals surface area contributed by atoms with Gasteiger partial charge in [-0.3, -0.25) is 4.79 Å². The van der Waals surface area contributed by atoms with E-state index in [1.807, 2.05) is 30.3 Å². The summed E-state index contributed by atoms with van der Waals surface area (Å²) in [4.78, 5) is 24.1. The summed E-state index contributed by atoms with van der Waals surface area (Å²) in [6.07, 6.45) is 0. The van der Waals surface area contributed by atoms with Gasteiger partial charge in [-0.05, 0) is 72.0 Å². The molecule has 5 nitrogen and oxygen atoms in total. The molecule has 3 N–H and O–H groups in total. The molecule has 0 unspecified atom stereocenters. The van der Waals surface area contributed by atoms with E-state index in [9.17, 15) is 19.8 Å². The number of carbonyl (C=O) groups is 2. The summed E-state index contributed by atoms with van der Waals surface area (Å²) < 4.78 is 0. The number of nitrogens with one attached hydrogen (secondary N) is 1. The fourth-order valence-corrected chi connectivity index (χ4v) is 3.40. The third-order valence-corrected chi connectivity index (χ3v) is 5.00. The van der Waals surface area contributed by atoms with Crippen molar-refractivity contribution in [2.45, 2.75) is 20.5 Å². The second-order valence-electron chi connectivity index (χ2n) is 6.80. The van der Waals surface area contributed by atoms with E-state index >= 15 is 0 Å². The maximum atomic E-state index is 12.9. The molecule has 1 amide bonds. The number of carboxylic acids is 1. The van der Waals surface area contributed by atoms with Crippen molar-refractivity contribution in [3.05, 3.63) is 87.4 Å². The smallest absolute Gasteiger partial charge is 0.335 e. The van der Waals surface area contributed by atoms with Crippen LogP contribution in [0.1, 0.15) is 37.4 Å². The van der Waals surface area contributed by atoms with Crippen molar-refractivity contribution in [1.82, 2.24) is 0 Å². The highest BCUT2D eigenvalue weighted by Gasteiger charge is 2.16. The standard InChI is InChI=1S/C23H20ClNO4/c1-13-8-18(23(28)29)9-14(2)21(13)25-22(27)19-11-17(6-7-20(19)24)16-5-3-4-15(10-16)12-26/h3-11,26H,12H2,1-2H3,(H,25,27)(H,28,29). The molecule has 3 aromatic rings. The van der Waals surface area contributed by atoms with E-state index in [1.54, 1.807) is 26.0 Å². The van der Waals surface area contributed by atoms with E-state index in [1.165, 1.54) is 12.1 Å². The highest BCUT2D eigenvalue weighted by Crippen LogP contribution is 2.28. The Balaban J connectivity index is 1.95. The summed E-state index contributed by atoms with van der Waals surface area (Å²) in [6, 6.07) is 15.6. The highest BCUT2D eigenvalue weighted by molar-refractivity contribution is 6.34. The van der Waals surface area contributed by atoms with Crippen LogP contribution >= 0.6 is 11.6 Å². The van der Waals surface area contributed by atoms with Crippen LogP contribution in [-0.4, -0.2) is 22.1 Å². The van der Waals surface area contributed by atoms with Crippen molar-refractivity contribution in [3.63, 3.8) is 0 Å². The number of hydrogen-bond acceptors (Lipinski definition) is 3. The van der Waals surface area contributed by atoms with Gasteiger partial charge in [0.2, 0.25) is 0 Å². The Kier molecular flexibility index (Phi) is 6.01. The zero-order chi connectivity index (χ0) is 21.1. The molecule has 0 radical (unpaired) electrons. The first-order chi connectivity index (χ1) is 13.8. The fourth-order valence-electron chi connectivity index (χ4n) is 3.19. The maximum Gasteiger partial charge on any atom is 0.335 e. The van der Waals surface area contributed by atoms with Crippen molar-refractivity contribution in [1.29, 1.82) is 0 Å². The molecule has 0 atom stereocenters. The van der Waals surface area contributed by atoms with Gasteiger partial charge in [0.05, 0.1) is 22.8 Å². The number of anilines is 1. The normalized spacial score (nSPS) is 10.6. The van der Waals surface area contributed by atoms with Crippen LogP contribution in [0.25, 0.3) is 11.1 Å². The summed E-state index contributed by atoms with van der Waals surface area (Å²) in [6.45, 7) is 3.42. The Morgan fingerprint density at radius 1 is 0.966 bits per heavy atom. The van der Waals surface area contributed by atoms with Gasteiger partial charge in [0.1, 0.15) is 0 Å². The van der Waals surface area contributed by atoms with Gasteiger partial charge in [0.25, 0.3) is 5.91 Å². The molecule has 0 saturated heterocycles. The van der Waals surface area contributed by atoms with Crippen LogP contribution in [0.2, 0.25) is 5.02 Å². The van der Waals surface area contributed by atoms with Gasteiger partial charge in [0, 0.05) is 5.69 Å².